The molecule has 0 saturated carbocycles. The van der Waals surface area contributed by atoms with E-state index in [0.717, 1.165) is 13.2 Å². The SMILES string of the molecule is CC(C)(C)[Si](C)(C)OCC1CNC(=O)C1. The number of carbonyl (C=O) groups excluding carboxylic acids is 1. The molecule has 3 nitrogen and oxygen atoms in total. The van der Waals surface area contributed by atoms with Gasteiger partial charge in [0.2, 0.25) is 5.91 Å². The maximum Gasteiger partial charge on any atom is 0.220 e. The van der Waals surface area contributed by atoms with Crippen LogP contribution < -0.4 is 5.32 Å². The number of hydrogen-bond donors (Lipinski definition) is 1. The molecule has 1 aliphatic rings. The standard InChI is InChI=1S/C11H23NO2Si/c1-11(2,3)15(4,5)14-8-9-6-10(13)12-7-9/h9H,6-8H2,1-5H3,(H,12,13). The van der Waals surface area contributed by atoms with Crippen LogP contribution in [0.4, 0.5) is 0 Å². The molecule has 0 radical (unpaired) electrons. The fourth-order valence-corrected chi connectivity index (χ4v) is 2.41. The molecule has 1 rings (SSSR count). The summed E-state index contributed by atoms with van der Waals surface area (Å²) in [7, 11) is -1.63. The van der Waals surface area contributed by atoms with E-state index in [1.54, 1.807) is 0 Å². The van der Waals surface area contributed by atoms with Gasteiger partial charge in [0.15, 0.2) is 8.32 Å². The number of carbonyl (C=O) groups is 1. The molecule has 0 aromatic heterocycles. The summed E-state index contributed by atoms with van der Waals surface area (Å²) in [6.07, 6.45) is 0.634. The van der Waals surface area contributed by atoms with Gasteiger partial charge < -0.3 is 9.74 Å². The smallest absolute Gasteiger partial charge is 0.220 e. The maximum absolute atomic E-state index is 11.0. The fraction of sp³-hybridized carbons (Fsp3) is 0.909. The van der Waals surface area contributed by atoms with Crippen LogP contribution in [0, 0.1) is 5.92 Å². The molecule has 4 heteroatoms. The third-order valence-electron chi connectivity index (χ3n) is 3.55. The Morgan fingerprint density at radius 2 is 2.07 bits per heavy atom. The highest BCUT2D eigenvalue weighted by molar-refractivity contribution is 6.74. The first-order valence-corrected chi connectivity index (χ1v) is 8.54. The third kappa shape index (κ3) is 3.31. The monoisotopic (exact) mass is 229 g/mol. The number of nitrogens with one attached hydrogen (secondary N) is 1. The maximum atomic E-state index is 11.0. The van der Waals surface area contributed by atoms with Gasteiger partial charge >= 0.3 is 0 Å². The third-order valence-corrected chi connectivity index (χ3v) is 8.05. The first-order valence-electron chi connectivity index (χ1n) is 5.63. The number of amides is 1. The van der Waals surface area contributed by atoms with Crippen LogP contribution in [-0.2, 0) is 9.22 Å². The lowest BCUT2D eigenvalue weighted by atomic mass is 10.1. The second kappa shape index (κ2) is 4.26. The molecule has 0 aromatic carbocycles. The van der Waals surface area contributed by atoms with Crippen LogP contribution in [0.3, 0.4) is 0 Å². The van der Waals surface area contributed by atoms with E-state index in [1.807, 2.05) is 0 Å². The predicted molar refractivity (Wildman–Crippen MR) is 64.3 cm³/mol. The van der Waals surface area contributed by atoms with Crippen LogP contribution in [0.1, 0.15) is 27.2 Å². The second-order valence-electron chi connectivity index (χ2n) is 5.95. The van der Waals surface area contributed by atoms with Crippen molar-refractivity contribution < 1.29 is 9.22 Å². The van der Waals surface area contributed by atoms with Crippen molar-refractivity contribution in [1.82, 2.24) is 5.32 Å². The Morgan fingerprint density at radius 1 is 1.47 bits per heavy atom. The Morgan fingerprint density at radius 3 is 2.47 bits per heavy atom. The molecule has 0 aromatic rings. The molecule has 1 N–H and O–H groups in total. The molecule has 1 heterocycles. The summed E-state index contributed by atoms with van der Waals surface area (Å²) in [4.78, 5) is 11.0. The summed E-state index contributed by atoms with van der Waals surface area (Å²) in [5, 5.41) is 3.09. The molecular formula is C11H23NO2Si. The molecule has 1 amide bonds. The van der Waals surface area contributed by atoms with E-state index in [0.29, 0.717) is 12.3 Å². The minimum atomic E-state index is -1.63. The van der Waals surface area contributed by atoms with Gasteiger partial charge in [0.05, 0.1) is 0 Å². The van der Waals surface area contributed by atoms with Crippen molar-refractivity contribution >= 4 is 14.2 Å². The topological polar surface area (TPSA) is 38.3 Å². The average molecular weight is 229 g/mol. The number of rotatable bonds is 3. The first-order chi connectivity index (χ1) is 6.72. The van der Waals surface area contributed by atoms with Gasteiger partial charge in [-0.25, -0.2) is 0 Å². The van der Waals surface area contributed by atoms with Gasteiger partial charge in [-0.2, -0.15) is 0 Å². The van der Waals surface area contributed by atoms with Gasteiger partial charge in [-0.05, 0) is 18.1 Å². The lowest BCUT2D eigenvalue weighted by molar-refractivity contribution is -0.119. The minimum Gasteiger partial charge on any atom is -0.416 e. The lowest BCUT2D eigenvalue weighted by Crippen LogP contribution is -2.42. The Hall–Kier alpha value is -0.353. The summed E-state index contributed by atoms with van der Waals surface area (Å²) in [5.41, 5.74) is 0. The van der Waals surface area contributed by atoms with Gasteiger partial charge in [-0.3, -0.25) is 4.79 Å². The van der Waals surface area contributed by atoms with Gasteiger partial charge in [0, 0.05) is 25.5 Å². The molecule has 0 aliphatic carbocycles. The van der Waals surface area contributed by atoms with Crippen LogP contribution in [0.2, 0.25) is 18.1 Å². The Bertz CT molecular complexity index is 245. The van der Waals surface area contributed by atoms with E-state index in [2.05, 4.69) is 39.2 Å². The molecule has 15 heavy (non-hydrogen) atoms. The van der Waals surface area contributed by atoms with E-state index in [1.165, 1.54) is 0 Å². The molecule has 1 aliphatic heterocycles. The molecular weight excluding hydrogens is 206 g/mol. The van der Waals surface area contributed by atoms with Crippen LogP contribution >= 0.6 is 0 Å². The molecule has 1 unspecified atom stereocenters. The van der Waals surface area contributed by atoms with Crippen molar-refractivity contribution in [2.24, 2.45) is 5.92 Å². The number of hydrogen-bond acceptors (Lipinski definition) is 2. The van der Waals surface area contributed by atoms with Crippen molar-refractivity contribution in [3.05, 3.63) is 0 Å². The van der Waals surface area contributed by atoms with E-state index in [9.17, 15) is 4.79 Å². The van der Waals surface area contributed by atoms with E-state index in [4.69, 9.17) is 4.43 Å². The van der Waals surface area contributed by atoms with Crippen molar-refractivity contribution in [3.8, 4) is 0 Å². The van der Waals surface area contributed by atoms with Gasteiger partial charge in [0.1, 0.15) is 0 Å². The highest BCUT2D eigenvalue weighted by Crippen LogP contribution is 2.36. The second-order valence-corrected chi connectivity index (χ2v) is 10.8. The molecule has 0 spiro atoms. The Kier molecular flexibility index (Phi) is 3.61. The zero-order chi connectivity index (χ0) is 11.7. The zero-order valence-electron chi connectivity index (χ0n) is 10.5. The largest absolute Gasteiger partial charge is 0.416 e. The summed E-state index contributed by atoms with van der Waals surface area (Å²) in [6, 6.07) is 0. The summed E-state index contributed by atoms with van der Waals surface area (Å²) < 4.78 is 6.07. The van der Waals surface area contributed by atoms with Crippen LogP contribution in [0.15, 0.2) is 0 Å². The van der Waals surface area contributed by atoms with Crippen LogP contribution in [0.5, 0.6) is 0 Å². The highest BCUT2D eigenvalue weighted by Gasteiger charge is 2.38. The van der Waals surface area contributed by atoms with Gasteiger partial charge in [-0.1, -0.05) is 20.8 Å². The predicted octanol–water partition coefficient (Wildman–Crippen LogP) is 2.14. The molecule has 1 saturated heterocycles. The van der Waals surface area contributed by atoms with Gasteiger partial charge in [0.25, 0.3) is 0 Å². The quantitative estimate of drug-likeness (QED) is 0.753. The van der Waals surface area contributed by atoms with Crippen molar-refractivity contribution in [3.63, 3.8) is 0 Å². The van der Waals surface area contributed by atoms with E-state index in [-0.39, 0.29) is 10.9 Å². The van der Waals surface area contributed by atoms with Crippen molar-refractivity contribution in [1.29, 1.82) is 0 Å². The molecule has 0 bridgehead atoms. The van der Waals surface area contributed by atoms with E-state index >= 15 is 0 Å². The molecule has 1 fully saturated rings. The average Bonchev–Trinajstić information content (AvgIpc) is 2.46. The molecule has 1 atom stereocenters. The minimum absolute atomic E-state index is 0.166. The van der Waals surface area contributed by atoms with Gasteiger partial charge in [-0.15, -0.1) is 0 Å². The summed E-state index contributed by atoms with van der Waals surface area (Å²) >= 11 is 0. The first kappa shape index (κ1) is 12.7. The Balaban J connectivity index is 2.40. The summed E-state index contributed by atoms with van der Waals surface area (Å²) in [5.74, 6) is 0.547. The Labute approximate surface area is 93.7 Å². The normalized spacial score (nSPS) is 23.0. The lowest BCUT2D eigenvalue weighted by Gasteiger charge is -2.36. The molecule has 88 valence electrons. The van der Waals surface area contributed by atoms with E-state index < -0.39 is 8.32 Å². The van der Waals surface area contributed by atoms with Crippen molar-refractivity contribution in [2.45, 2.75) is 45.3 Å². The van der Waals surface area contributed by atoms with Crippen molar-refractivity contribution in [2.75, 3.05) is 13.2 Å². The van der Waals surface area contributed by atoms with Crippen LogP contribution in [-0.4, -0.2) is 27.4 Å². The fourth-order valence-electron chi connectivity index (χ4n) is 1.33. The highest BCUT2D eigenvalue weighted by atomic mass is 28.4. The van der Waals surface area contributed by atoms with Crippen LogP contribution in [0.25, 0.3) is 0 Å². The summed E-state index contributed by atoms with van der Waals surface area (Å²) in [6.45, 7) is 12.7. The zero-order valence-corrected chi connectivity index (χ0v) is 11.5.